The molecule has 1 aromatic heterocycles. The predicted molar refractivity (Wildman–Crippen MR) is 75.5 cm³/mol. The number of carbonyl (C=O) groups excluding carboxylic acids is 2. The number of anilines is 1. The molecule has 1 saturated heterocycles. The maximum atomic E-state index is 12.2. The zero-order chi connectivity index (χ0) is 16.5. The number of aromatic nitrogens is 2. The molecule has 0 saturated carbocycles. The SMILES string of the molecule is CCC1(C(=O)OC)CCC(=O)N1c1nc(Cl)ncc1[N+](=O)[O-]. The summed E-state index contributed by atoms with van der Waals surface area (Å²) in [6.45, 7) is 1.69. The molecule has 0 aromatic carbocycles. The van der Waals surface area contributed by atoms with Gasteiger partial charge in [0.1, 0.15) is 11.7 Å². The molecular weight excluding hydrogens is 316 g/mol. The molecule has 9 nitrogen and oxygen atoms in total. The van der Waals surface area contributed by atoms with E-state index in [1.807, 2.05) is 0 Å². The number of rotatable bonds is 4. The highest BCUT2D eigenvalue weighted by molar-refractivity contribution is 6.28. The van der Waals surface area contributed by atoms with Gasteiger partial charge < -0.3 is 4.74 Å². The van der Waals surface area contributed by atoms with Crippen molar-refractivity contribution < 1.29 is 19.2 Å². The molecule has 1 aromatic rings. The van der Waals surface area contributed by atoms with E-state index in [1.165, 1.54) is 7.11 Å². The molecule has 10 heteroatoms. The number of nitro groups is 1. The van der Waals surface area contributed by atoms with E-state index in [4.69, 9.17) is 16.3 Å². The molecule has 0 aliphatic carbocycles. The molecule has 0 N–H and O–H groups in total. The predicted octanol–water partition coefficient (Wildman–Crippen LogP) is 1.49. The Morgan fingerprint density at radius 3 is 2.86 bits per heavy atom. The van der Waals surface area contributed by atoms with Gasteiger partial charge in [-0.3, -0.25) is 19.8 Å². The Morgan fingerprint density at radius 2 is 2.32 bits per heavy atom. The van der Waals surface area contributed by atoms with E-state index in [0.717, 1.165) is 11.1 Å². The number of esters is 1. The Balaban J connectivity index is 2.67. The molecule has 2 rings (SSSR count). The Labute approximate surface area is 130 Å². The van der Waals surface area contributed by atoms with Gasteiger partial charge >= 0.3 is 11.7 Å². The van der Waals surface area contributed by atoms with Crippen molar-refractivity contribution >= 4 is 35.0 Å². The summed E-state index contributed by atoms with van der Waals surface area (Å²) in [6, 6.07) is 0. The molecule has 1 unspecified atom stereocenters. The van der Waals surface area contributed by atoms with Crippen LogP contribution in [0.25, 0.3) is 0 Å². The van der Waals surface area contributed by atoms with Gasteiger partial charge in [0, 0.05) is 6.42 Å². The van der Waals surface area contributed by atoms with Crippen LogP contribution in [0.15, 0.2) is 6.20 Å². The highest BCUT2D eigenvalue weighted by Crippen LogP contribution is 2.41. The number of nitrogens with zero attached hydrogens (tertiary/aromatic N) is 4. The van der Waals surface area contributed by atoms with E-state index < -0.39 is 28.0 Å². The standard InChI is InChI=1S/C12H13ClN4O5/c1-3-12(10(19)22-2)5-4-8(18)16(12)9-7(17(20)21)6-14-11(13)15-9/h6H,3-5H2,1-2H3. The van der Waals surface area contributed by atoms with Crippen molar-refractivity contribution in [2.24, 2.45) is 0 Å². The van der Waals surface area contributed by atoms with E-state index in [1.54, 1.807) is 6.92 Å². The van der Waals surface area contributed by atoms with Crippen LogP contribution in [0.4, 0.5) is 11.5 Å². The number of ether oxygens (including phenoxy) is 1. The molecular formula is C12H13ClN4O5. The van der Waals surface area contributed by atoms with Crippen LogP contribution in [-0.2, 0) is 14.3 Å². The summed E-state index contributed by atoms with van der Waals surface area (Å²) < 4.78 is 4.78. The third kappa shape index (κ3) is 2.37. The lowest BCUT2D eigenvalue weighted by Gasteiger charge is -2.33. The molecule has 1 amide bonds. The van der Waals surface area contributed by atoms with Gasteiger partial charge in [0.25, 0.3) is 0 Å². The molecule has 118 valence electrons. The van der Waals surface area contributed by atoms with Crippen LogP contribution < -0.4 is 4.90 Å². The van der Waals surface area contributed by atoms with Crippen molar-refractivity contribution in [3.63, 3.8) is 0 Å². The minimum atomic E-state index is -1.33. The number of halogens is 1. The number of hydrogen-bond donors (Lipinski definition) is 0. The summed E-state index contributed by atoms with van der Waals surface area (Å²) in [5.41, 5.74) is -1.82. The van der Waals surface area contributed by atoms with Crippen molar-refractivity contribution in [2.75, 3.05) is 12.0 Å². The second-order valence-corrected chi connectivity index (χ2v) is 5.05. The lowest BCUT2D eigenvalue weighted by Crippen LogP contribution is -2.53. The monoisotopic (exact) mass is 328 g/mol. The van der Waals surface area contributed by atoms with Crippen molar-refractivity contribution in [1.82, 2.24) is 9.97 Å². The fraction of sp³-hybridized carbons (Fsp3) is 0.500. The zero-order valence-corrected chi connectivity index (χ0v) is 12.7. The van der Waals surface area contributed by atoms with Crippen molar-refractivity contribution in [3.05, 3.63) is 21.6 Å². The first-order chi connectivity index (χ1) is 10.4. The van der Waals surface area contributed by atoms with Gasteiger partial charge in [-0.05, 0) is 24.4 Å². The molecule has 2 heterocycles. The molecule has 1 fully saturated rings. The van der Waals surface area contributed by atoms with Crippen LogP contribution in [0.5, 0.6) is 0 Å². The normalized spacial score (nSPS) is 21.0. The van der Waals surface area contributed by atoms with Crippen molar-refractivity contribution in [1.29, 1.82) is 0 Å². The van der Waals surface area contributed by atoms with Crippen LogP contribution in [0.2, 0.25) is 5.28 Å². The largest absolute Gasteiger partial charge is 0.467 e. The quantitative estimate of drug-likeness (QED) is 0.356. The Bertz CT molecular complexity index is 652. The average molecular weight is 329 g/mol. The maximum absolute atomic E-state index is 12.2. The second kappa shape index (κ2) is 5.84. The smallest absolute Gasteiger partial charge is 0.332 e. The van der Waals surface area contributed by atoms with Crippen LogP contribution >= 0.6 is 11.6 Å². The van der Waals surface area contributed by atoms with Gasteiger partial charge in [-0.1, -0.05) is 6.92 Å². The van der Waals surface area contributed by atoms with Gasteiger partial charge in [-0.2, -0.15) is 4.98 Å². The van der Waals surface area contributed by atoms with Crippen LogP contribution in [0, 0.1) is 10.1 Å². The van der Waals surface area contributed by atoms with Crippen LogP contribution in [0.1, 0.15) is 26.2 Å². The fourth-order valence-electron chi connectivity index (χ4n) is 2.60. The summed E-state index contributed by atoms with van der Waals surface area (Å²) in [7, 11) is 1.20. The van der Waals surface area contributed by atoms with E-state index in [2.05, 4.69) is 9.97 Å². The summed E-state index contributed by atoms with van der Waals surface area (Å²) in [6.07, 6.45) is 1.38. The van der Waals surface area contributed by atoms with Crippen molar-refractivity contribution in [2.45, 2.75) is 31.7 Å². The number of carbonyl (C=O) groups is 2. The maximum Gasteiger partial charge on any atom is 0.332 e. The van der Waals surface area contributed by atoms with E-state index in [-0.39, 0.29) is 30.4 Å². The van der Waals surface area contributed by atoms with Crippen LogP contribution in [0.3, 0.4) is 0 Å². The molecule has 0 spiro atoms. The third-order valence-corrected chi connectivity index (χ3v) is 3.89. The summed E-state index contributed by atoms with van der Waals surface area (Å²) >= 11 is 5.70. The van der Waals surface area contributed by atoms with Crippen LogP contribution in [-0.4, -0.2) is 39.4 Å². The summed E-state index contributed by atoms with van der Waals surface area (Å²) in [5.74, 6) is -1.39. The average Bonchev–Trinajstić information content (AvgIpc) is 2.83. The molecule has 22 heavy (non-hydrogen) atoms. The Hall–Kier alpha value is -2.29. The topological polar surface area (TPSA) is 116 Å². The molecule has 1 aliphatic rings. The lowest BCUT2D eigenvalue weighted by molar-refractivity contribution is -0.384. The first kappa shape index (κ1) is 16.1. The molecule has 1 atom stereocenters. The van der Waals surface area contributed by atoms with Gasteiger partial charge in [0.05, 0.1) is 12.0 Å². The second-order valence-electron chi connectivity index (χ2n) is 4.71. The zero-order valence-electron chi connectivity index (χ0n) is 11.9. The van der Waals surface area contributed by atoms with Gasteiger partial charge in [0.15, 0.2) is 0 Å². The molecule has 0 bridgehead atoms. The Kier molecular flexibility index (Phi) is 4.27. The van der Waals surface area contributed by atoms with Gasteiger partial charge in [-0.15, -0.1) is 0 Å². The Morgan fingerprint density at radius 1 is 1.64 bits per heavy atom. The minimum Gasteiger partial charge on any atom is -0.467 e. The lowest BCUT2D eigenvalue weighted by atomic mass is 9.93. The number of methoxy groups -OCH3 is 1. The van der Waals surface area contributed by atoms with E-state index in [9.17, 15) is 19.7 Å². The van der Waals surface area contributed by atoms with E-state index in [0.29, 0.717) is 0 Å². The third-order valence-electron chi connectivity index (χ3n) is 3.71. The van der Waals surface area contributed by atoms with Crippen molar-refractivity contribution in [3.8, 4) is 0 Å². The number of amides is 1. The first-order valence-corrected chi connectivity index (χ1v) is 6.83. The van der Waals surface area contributed by atoms with Gasteiger partial charge in [0.2, 0.25) is 17.0 Å². The molecule has 0 radical (unpaired) electrons. The first-order valence-electron chi connectivity index (χ1n) is 6.45. The number of hydrogen-bond acceptors (Lipinski definition) is 7. The van der Waals surface area contributed by atoms with E-state index >= 15 is 0 Å². The summed E-state index contributed by atoms with van der Waals surface area (Å²) in [4.78, 5) is 43.3. The fourth-order valence-corrected chi connectivity index (χ4v) is 2.73. The highest BCUT2D eigenvalue weighted by atomic mass is 35.5. The highest BCUT2D eigenvalue weighted by Gasteiger charge is 2.54. The minimum absolute atomic E-state index is 0.0573. The van der Waals surface area contributed by atoms with Gasteiger partial charge in [-0.25, -0.2) is 9.78 Å². The molecule has 1 aliphatic heterocycles. The summed E-state index contributed by atoms with van der Waals surface area (Å²) in [5, 5.41) is 10.9.